The van der Waals surface area contributed by atoms with Crippen molar-refractivity contribution in [1.29, 1.82) is 0 Å². The van der Waals surface area contributed by atoms with E-state index in [2.05, 4.69) is 10.6 Å². The zero-order valence-electron chi connectivity index (χ0n) is 45.6. The molecule has 35 atom stereocenters. The molecule has 0 aromatic heterocycles. The highest BCUT2D eigenvalue weighted by Gasteiger charge is 2.59. The fourth-order valence-corrected chi connectivity index (χ4v) is 11.4. The molecule has 0 unspecified atom stereocenters. The molecule has 24 N–H and O–H groups in total. The van der Waals surface area contributed by atoms with E-state index in [1.165, 1.54) is 0 Å². The van der Waals surface area contributed by atoms with Crippen LogP contribution in [0.15, 0.2) is 0 Å². The van der Waals surface area contributed by atoms with Gasteiger partial charge in [0.2, 0.25) is 0 Å². The van der Waals surface area contributed by atoms with E-state index in [4.69, 9.17) is 72.0 Å². The molecule has 37 heteroatoms. The molecule has 14 bridgehead atoms. The largest absolute Gasteiger partial charge is 0.394 e. The van der Waals surface area contributed by atoms with Gasteiger partial charge in [-0.1, -0.05) is 0 Å². The van der Waals surface area contributed by atoms with Crippen molar-refractivity contribution in [1.82, 2.24) is 10.6 Å². The number of hydrogen-bond acceptors (Lipinski definition) is 37. The summed E-state index contributed by atoms with van der Waals surface area (Å²) < 4.78 is 81.3. The van der Waals surface area contributed by atoms with Gasteiger partial charge in [0, 0.05) is 6.54 Å². The quantitative estimate of drug-likeness (QED) is 0.0677. The molecular formula is C48H85N3O34. The maximum absolute atomic E-state index is 11.8. The van der Waals surface area contributed by atoms with E-state index in [1.54, 1.807) is 0 Å². The van der Waals surface area contributed by atoms with Gasteiger partial charge in [-0.3, -0.25) is 0 Å². The lowest BCUT2D eigenvalue weighted by molar-refractivity contribution is -0.396. The molecule has 21 aliphatic heterocycles. The molecule has 0 radical (unpaired) electrons. The summed E-state index contributed by atoms with van der Waals surface area (Å²) in [7, 11) is 0. The Morgan fingerprint density at radius 2 is 0.424 bits per heavy atom. The summed E-state index contributed by atoms with van der Waals surface area (Å²) in [5.41, 5.74) is 5.57. The topological polar surface area (TPSA) is 584 Å². The van der Waals surface area contributed by atoms with Crippen LogP contribution in [0, 0.1) is 0 Å². The zero-order chi connectivity index (χ0) is 61.7. The van der Waals surface area contributed by atoms with E-state index in [-0.39, 0.29) is 6.54 Å². The van der Waals surface area contributed by atoms with Crippen LogP contribution in [0.3, 0.4) is 0 Å². The highest BCUT2D eigenvalue weighted by molar-refractivity contribution is 5.02. The van der Waals surface area contributed by atoms with Crippen molar-refractivity contribution in [3.05, 3.63) is 0 Å². The van der Waals surface area contributed by atoms with Gasteiger partial charge >= 0.3 is 0 Å². The number of aliphatic hydroxyl groups excluding tert-OH is 20. The highest BCUT2D eigenvalue weighted by Crippen LogP contribution is 2.39. The van der Waals surface area contributed by atoms with Crippen LogP contribution in [0.2, 0.25) is 0 Å². The smallest absolute Gasteiger partial charge is 0.187 e. The third-order valence-corrected chi connectivity index (χ3v) is 16.2. The monoisotopic (exact) mass is 1250 g/mol. The lowest BCUT2D eigenvalue weighted by Crippen LogP contribution is -2.68. The molecule has 0 aromatic carbocycles. The van der Waals surface area contributed by atoms with Crippen molar-refractivity contribution in [2.24, 2.45) is 5.73 Å². The predicted octanol–water partition coefficient (Wildman–Crippen LogP) is -15.3. The molecule has 21 saturated heterocycles. The molecule has 0 saturated carbocycles. The van der Waals surface area contributed by atoms with Crippen molar-refractivity contribution in [2.75, 3.05) is 72.4 Å². The summed E-state index contributed by atoms with van der Waals surface area (Å²) in [6.07, 6.45) is -67.9. The number of hydrogen-bond donors (Lipinski definition) is 23. The van der Waals surface area contributed by atoms with Crippen molar-refractivity contribution in [2.45, 2.75) is 228 Å². The van der Waals surface area contributed by atoms with Crippen LogP contribution < -0.4 is 16.4 Å². The van der Waals surface area contributed by atoms with Crippen LogP contribution in [0.5, 0.6) is 0 Å². The van der Waals surface area contributed by atoms with Crippen molar-refractivity contribution in [3.63, 3.8) is 0 Å². The first-order valence-corrected chi connectivity index (χ1v) is 28.1. The number of ether oxygens (including phenoxy) is 14. The van der Waals surface area contributed by atoms with Crippen LogP contribution in [-0.2, 0) is 66.3 Å². The van der Waals surface area contributed by atoms with Gasteiger partial charge in [-0.2, -0.15) is 0 Å². The molecule has 0 aliphatic carbocycles. The molecule has 0 spiro atoms. The number of rotatable bonds is 15. The summed E-state index contributed by atoms with van der Waals surface area (Å²) >= 11 is 0. The number of nitrogens with one attached hydrogen (secondary N) is 2. The van der Waals surface area contributed by atoms with E-state index in [0.29, 0.717) is 32.6 Å². The minimum atomic E-state index is -2.21. The molecule has 496 valence electrons. The normalized spacial score (nSPS) is 51.3. The maximum Gasteiger partial charge on any atom is 0.187 e. The average molecular weight is 1250 g/mol. The number of aliphatic hydroxyl groups is 20. The van der Waals surface area contributed by atoms with Gasteiger partial charge in [0.05, 0.1) is 39.6 Å². The summed E-state index contributed by atoms with van der Waals surface area (Å²) in [6, 6.07) is 0. The Hall–Kier alpha value is -1.48. The second-order valence-electron chi connectivity index (χ2n) is 21.9. The highest BCUT2D eigenvalue weighted by atomic mass is 16.8. The first-order valence-electron chi connectivity index (χ1n) is 28.1. The third-order valence-electron chi connectivity index (χ3n) is 16.2. The van der Waals surface area contributed by atoms with Gasteiger partial charge in [-0.15, -0.1) is 0 Å². The summed E-state index contributed by atoms with van der Waals surface area (Å²) in [4.78, 5) is 0. The third kappa shape index (κ3) is 15.1. The predicted molar refractivity (Wildman–Crippen MR) is 265 cm³/mol. The second-order valence-corrected chi connectivity index (χ2v) is 21.9. The Morgan fingerprint density at radius 3 is 0.635 bits per heavy atom. The lowest BCUT2D eigenvalue weighted by atomic mass is 9.95. The fraction of sp³-hybridized carbons (Fsp3) is 1.00. The van der Waals surface area contributed by atoms with Gasteiger partial charge in [0.25, 0.3) is 0 Å². The average Bonchev–Trinajstić information content (AvgIpc) is 2.48. The first-order chi connectivity index (χ1) is 40.7. The van der Waals surface area contributed by atoms with Gasteiger partial charge in [-0.05, 0) is 39.0 Å². The molecule has 0 amide bonds. The van der Waals surface area contributed by atoms with Crippen molar-refractivity contribution < 1.29 is 168 Å². The molecule has 21 rings (SSSR count). The van der Waals surface area contributed by atoms with Crippen molar-refractivity contribution >= 4 is 0 Å². The minimum absolute atomic E-state index is 0.225. The maximum atomic E-state index is 11.8. The Bertz CT molecular complexity index is 1970. The van der Waals surface area contributed by atoms with Crippen LogP contribution in [0.1, 0.15) is 12.8 Å². The molecule has 85 heavy (non-hydrogen) atoms. The van der Waals surface area contributed by atoms with E-state index in [1.807, 2.05) is 0 Å². The molecular weight excluding hydrogens is 1160 g/mol. The van der Waals surface area contributed by atoms with E-state index >= 15 is 0 Å². The van der Waals surface area contributed by atoms with Gasteiger partial charge in [-0.25, -0.2) is 0 Å². The molecule has 37 nitrogen and oxygen atoms in total. The van der Waals surface area contributed by atoms with Gasteiger partial charge in [0.1, 0.15) is 171 Å². The van der Waals surface area contributed by atoms with Crippen LogP contribution in [0.25, 0.3) is 0 Å². The molecule has 0 aromatic rings. The number of nitrogens with two attached hydrogens (primary N) is 1. The van der Waals surface area contributed by atoms with Gasteiger partial charge in [0.15, 0.2) is 44.0 Å². The van der Waals surface area contributed by atoms with Crippen LogP contribution in [0.4, 0.5) is 0 Å². The molecule has 21 heterocycles. The summed E-state index contributed by atoms with van der Waals surface area (Å²) in [5.74, 6) is 0. The molecule has 21 aliphatic rings. The summed E-state index contributed by atoms with van der Waals surface area (Å²) in [5, 5.41) is 230. The van der Waals surface area contributed by atoms with E-state index in [9.17, 15) is 102 Å². The zero-order valence-corrected chi connectivity index (χ0v) is 45.6. The Kier molecular flexibility index (Phi) is 25.5. The fourth-order valence-electron chi connectivity index (χ4n) is 11.4. The standard InChI is InChI=1S/C48H85N3O34/c49-3-1-4-50-5-2-6-51-7-14-35-21(58)28(65)42(72-14)80-36-15(8-52)74-44(30(67)23(36)60)82-38-17(10-54)76-46(32(69)25(38)62)84-40-19(12-56)78-48(34(71)27(40)64)85-41-20(13-57)77-47(33(70)26(41)63)83-39-18(11-55)75-45(31(68)24(39)61)81-37-16(9-53)73-43(79-35)29(66)22(37)59/h14-48,50-71H,1-13,49H2/t14-,15+,16-,17+,18-,19+,20-,21+,22+,23+,24+,25-,26+,27+,28+,29+,30-,31+,32-,33+,34+,35+,36+,37+,38+,39+,40+,41+,42+,43+,44+,45+,46+,47+,48+/m0/s1. The minimum Gasteiger partial charge on any atom is -0.394 e. The SMILES string of the molecule is NCCCNCCCNC[C@@H]1O[C@@H]2O[C@H]3[C@H](O)[C@H](O)[C@@H](O[C@H]4[C@@H](O)[C@H](O)[C@@H](O[C@H]5[C@H](O)[C@@H](O)[C@@H](O[C@H]6[C@H](O)[C@@H](O)[C@@H](O[C@H]7[C@H](O)[C@@H](O)[C@@H](O[C@H]8[C@H](O)[C@@H](O)[C@@H](O[C@H]1[C@H](O)[C@H]2O)O[C@H]8CO)O[C@H]7CO)O[C@H]6CO)O[C@@H]5CO)O[C@@H]4CO)O[C@@H]3CO. The van der Waals surface area contributed by atoms with Gasteiger partial charge < -0.3 is 185 Å². The first kappa shape index (κ1) is 69.4. The lowest BCUT2D eigenvalue weighted by Gasteiger charge is -2.50. The Labute approximate surface area is 484 Å². The molecule has 21 fully saturated rings. The summed E-state index contributed by atoms with van der Waals surface area (Å²) in [6.45, 7) is -4.47. The van der Waals surface area contributed by atoms with E-state index in [0.717, 1.165) is 6.42 Å². The van der Waals surface area contributed by atoms with Crippen LogP contribution >= 0.6 is 0 Å². The Morgan fingerprint density at radius 1 is 0.235 bits per heavy atom. The second kappa shape index (κ2) is 31.2. The van der Waals surface area contributed by atoms with Crippen molar-refractivity contribution in [3.8, 4) is 0 Å². The van der Waals surface area contributed by atoms with Crippen LogP contribution in [-0.4, -0.2) is 389 Å². The van der Waals surface area contributed by atoms with E-state index < -0.39 is 255 Å². The Balaban J connectivity index is 1.08.